The number of anilines is 1. The molecule has 3 heteroatoms. The Kier molecular flexibility index (Phi) is 3.54. The number of benzene rings is 1. The number of rotatable bonds is 3. The van der Waals surface area contributed by atoms with E-state index in [4.69, 9.17) is 0 Å². The number of halogens is 1. The molecule has 0 bridgehead atoms. The van der Waals surface area contributed by atoms with E-state index in [0.717, 1.165) is 12.1 Å². The minimum Gasteiger partial charge on any atom is -0.381 e. The van der Waals surface area contributed by atoms with Crippen molar-refractivity contribution in [2.75, 3.05) is 11.9 Å². The molecular formula is C15H21IN2. The van der Waals surface area contributed by atoms with Gasteiger partial charge in [0.2, 0.25) is 0 Å². The Morgan fingerprint density at radius 1 is 1.33 bits per heavy atom. The van der Waals surface area contributed by atoms with Crippen molar-refractivity contribution < 1.29 is 0 Å². The highest BCUT2D eigenvalue weighted by Crippen LogP contribution is 2.34. The third-order valence-electron chi connectivity index (χ3n) is 4.18. The molecule has 3 rings (SSSR count). The number of nitrogens with one attached hydrogen (secondary N) is 1. The van der Waals surface area contributed by atoms with Crippen molar-refractivity contribution in [3.05, 3.63) is 27.3 Å². The quantitative estimate of drug-likeness (QED) is 0.832. The van der Waals surface area contributed by atoms with Gasteiger partial charge in [0.15, 0.2) is 0 Å². The van der Waals surface area contributed by atoms with E-state index in [-0.39, 0.29) is 0 Å². The lowest BCUT2D eigenvalue weighted by atomic mass is 10.1. The first-order valence-electron chi connectivity index (χ1n) is 6.92. The van der Waals surface area contributed by atoms with Gasteiger partial charge in [0.25, 0.3) is 0 Å². The molecule has 2 aliphatic rings. The van der Waals surface area contributed by atoms with Crippen molar-refractivity contribution in [2.45, 2.75) is 51.2 Å². The molecule has 98 valence electrons. The summed E-state index contributed by atoms with van der Waals surface area (Å²) in [7, 11) is 0. The van der Waals surface area contributed by atoms with E-state index < -0.39 is 0 Å². The molecule has 1 N–H and O–H groups in total. The van der Waals surface area contributed by atoms with Gasteiger partial charge < -0.3 is 5.32 Å². The average molecular weight is 356 g/mol. The number of aryl methyl sites for hydroxylation is 1. The van der Waals surface area contributed by atoms with Gasteiger partial charge in [0, 0.05) is 33.9 Å². The summed E-state index contributed by atoms with van der Waals surface area (Å²) in [6.45, 7) is 5.76. The summed E-state index contributed by atoms with van der Waals surface area (Å²) in [4.78, 5) is 2.69. The van der Waals surface area contributed by atoms with Gasteiger partial charge in [-0.15, -0.1) is 0 Å². The predicted molar refractivity (Wildman–Crippen MR) is 85.1 cm³/mol. The molecule has 1 aliphatic heterocycles. The molecule has 0 spiro atoms. The van der Waals surface area contributed by atoms with Crippen LogP contribution in [-0.2, 0) is 0 Å². The number of hydrogen-bond donors (Lipinski definition) is 1. The molecule has 1 heterocycles. The number of nitrogens with zero attached hydrogens (tertiary/aromatic N) is 1. The molecule has 1 aromatic carbocycles. The maximum Gasteiger partial charge on any atom is 0.0403 e. The zero-order valence-corrected chi connectivity index (χ0v) is 13.3. The Labute approximate surface area is 123 Å². The molecule has 1 aliphatic carbocycles. The zero-order valence-electron chi connectivity index (χ0n) is 11.1. The molecule has 18 heavy (non-hydrogen) atoms. The molecule has 1 saturated heterocycles. The molecule has 2 unspecified atom stereocenters. The molecule has 0 amide bonds. The van der Waals surface area contributed by atoms with Crippen molar-refractivity contribution in [1.82, 2.24) is 4.90 Å². The van der Waals surface area contributed by atoms with Crippen LogP contribution in [0, 0.1) is 10.5 Å². The first kappa shape index (κ1) is 12.7. The smallest absolute Gasteiger partial charge is 0.0403 e. The Balaban J connectivity index is 1.64. The fourth-order valence-electron chi connectivity index (χ4n) is 2.99. The minimum atomic E-state index is 0.624. The molecule has 1 saturated carbocycles. The highest BCUT2D eigenvalue weighted by atomic mass is 127. The summed E-state index contributed by atoms with van der Waals surface area (Å²) in [5, 5.41) is 3.71. The molecule has 1 aromatic rings. The van der Waals surface area contributed by atoms with E-state index in [0.29, 0.717) is 6.04 Å². The standard InChI is InChI=1S/C15H21IN2/c1-10-3-4-12(8-15(10)16)17-13-7-11(2)18(9-13)14-5-6-14/h3-4,8,11,13-14,17H,5-7,9H2,1-2H3. The van der Waals surface area contributed by atoms with Crippen molar-refractivity contribution in [2.24, 2.45) is 0 Å². The number of hydrogen-bond acceptors (Lipinski definition) is 2. The van der Waals surface area contributed by atoms with Gasteiger partial charge in [-0.3, -0.25) is 4.90 Å². The second-order valence-electron chi connectivity index (χ2n) is 5.82. The molecule has 0 radical (unpaired) electrons. The summed E-state index contributed by atoms with van der Waals surface area (Å²) in [6.07, 6.45) is 4.11. The van der Waals surface area contributed by atoms with E-state index in [1.807, 2.05) is 0 Å². The van der Waals surface area contributed by atoms with Crippen LogP contribution in [0.2, 0.25) is 0 Å². The van der Waals surface area contributed by atoms with Crippen molar-refractivity contribution in [3.8, 4) is 0 Å². The maximum atomic E-state index is 3.71. The predicted octanol–water partition coefficient (Wildman–Crippen LogP) is 3.64. The van der Waals surface area contributed by atoms with E-state index in [2.05, 4.69) is 64.9 Å². The van der Waals surface area contributed by atoms with Gasteiger partial charge in [-0.25, -0.2) is 0 Å². The van der Waals surface area contributed by atoms with E-state index in [9.17, 15) is 0 Å². The fourth-order valence-corrected chi connectivity index (χ4v) is 3.51. The first-order chi connectivity index (χ1) is 8.63. The van der Waals surface area contributed by atoms with Crippen LogP contribution in [0.15, 0.2) is 18.2 Å². The number of likely N-dealkylation sites (tertiary alicyclic amines) is 1. The van der Waals surface area contributed by atoms with Crippen molar-refractivity contribution >= 4 is 28.3 Å². The van der Waals surface area contributed by atoms with Gasteiger partial charge in [-0.05, 0) is 73.4 Å². The molecule has 2 atom stereocenters. The summed E-state index contributed by atoms with van der Waals surface area (Å²) >= 11 is 2.41. The highest BCUT2D eigenvalue weighted by Gasteiger charge is 2.38. The van der Waals surface area contributed by atoms with E-state index in [1.165, 1.54) is 40.6 Å². The summed E-state index contributed by atoms with van der Waals surface area (Å²) in [5.74, 6) is 0. The largest absolute Gasteiger partial charge is 0.381 e. The van der Waals surface area contributed by atoms with Crippen LogP contribution in [0.4, 0.5) is 5.69 Å². The van der Waals surface area contributed by atoms with Crippen molar-refractivity contribution in [1.29, 1.82) is 0 Å². The second kappa shape index (κ2) is 5.00. The van der Waals surface area contributed by atoms with Crippen LogP contribution < -0.4 is 5.32 Å². The van der Waals surface area contributed by atoms with Crippen LogP contribution in [0.1, 0.15) is 31.7 Å². The maximum absolute atomic E-state index is 3.71. The van der Waals surface area contributed by atoms with Gasteiger partial charge >= 0.3 is 0 Å². The van der Waals surface area contributed by atoms with Crippen LogP contribution in [0.5, 0.6) is 0 Å². The first-order valence-corrected chi connectivity index (χ1v) is 8.00. The SMILES string of the molecule is Cc1ccc(NC2CC(C)N(C3CC3)C2)cc1I. The third kappa shape index (κ3) is 2.67. The fraction of sp³-hybridized carbons (Fsp3) is 0.600. The molecular weight excluding hydrogens is 335 g/mol. The topological polar surface area (TPSA) is 15.3 Å². The molecule has 2 fully saturated rings. The van der Waals surface area contributed by atoms with Crippen LogP contribution in [0.3, 0.4) is 0 Å². The van der Waals surface area contributed by atoms with Crippen LogP contribution in [-0.4, -0.2) is 29.6 Å². The lowest BCUT2D eigenvalue weighted by Crippen LogP contribution is -2.31. The average Bonchev–Trinajstić information content (AvgIpc) is 3.09. The monoisotopic (exact) mass is 356 g/mol. The highest BCUT2D eigenvalue weighted by molar-refractivity contribution is 14.1. The van der Waals surface area contributed by atoms with Gasteiger partial charge in [0.05, 0.1) is 0 Å². The van der Waals surface area contributed by atoms with Crippen LogP contribution >= 0.6 is 22.6 Å². The van der Waals surface area contributed by atoms with Gasteiger partial charge in [-0.1, -0.05) is 6.07 Å². The normalized spacial score (nSPS) is 28.6. The van der Waals surface area contributed by atoms with Crippen LogP contribution in [0.25, 0.3) is 0 Å². The molecule has 2 nitrogen and oxygen atoms in total. The Morgan fingerprint density at radius 3 is 2.78 bits per heavy atom. The third-order valence-corrected chi connectivity index (χ3v) is 5.34. The lowest BCUT2D eigenvalue weighted by molar-refractivity contribution is 0.257. The second-order valence-corrected chi connectivity index (χ2v) is 6.98. The van der Waals surface area contributed by atoms with E-state index >= 15 is 0 Å². The molecule has 0 aromatic heterocycles. The Bertz CT molecular complexity index is 442. The van der Waals surface area contributed by atoms with Gasteiger partial charge in [-0.2, -0.15) is 0 Å². The Morgan fingerprint density at radius 2 is 2.11 bits per heavy atom. The lowest BCUT2D eigenvalue weighted by Gasteiger charge is -2.20. The van der Waals surface area contributed by atoms with E-state index in [1.54, 1.807) is 0 Å². The van der Waals surface area contributed by atoms with Crippen molar-refractivity contribution in [3.63, 3.8) is 0 Å². The summed E-state index contributed by atoms with van der Waals surface area (Å²) in [5.41, 5.74) is 2.64. The zero-order chi connectivity index (χ0) is 12.7. The summed E-state index contributed by atoms with van der Waals surface area (Å²) in [6, 6.07) is 8.95. The van der Waals surface area contributed by atoms with Gasteiger partial charge in [0.1, 0.15) is 0 Å². The minimum absolute atomic E-state index is 0.624. The summed E-state index contributed by atoms with van der Waals surface area (Å²) < 4.78 is 1.35. The Hall–Kier alpha value is -0.290.